The maximum atomic E-state index is 6.20. The molecule has 1 saturated heterocycles. The molecule has 1 atom stereocenters. The molecule has 0 amide bonds. The van der Waals surface area contributed by atoms with Crippen LogP contribution in [0.2, 0.25) is 0 Å². The molecular weight excluding hydrogens is 533 g/mol. The van der Waals surface area contributed by atoms with Crippen LogP contribution in [0.5, 0.6) is 11.5 Å². The molecule has 0 aromatic heterocycles. The van der Waals surface area contributed by atoms with Crippen LogP contribution >= 0.6 is 24.0 Å². The molecule has 8 heteroatoms. The molecule has 2 N–H and O–H groups in total. The molecule has 0 radical (unpaired) electrons. The number of nitrogens with zero attached hydrogens (tertiary/aromatic N) is 1. The van der Waals surface area contributed by atoms with E-state index in [9.17, 15) is 0 Å². The highest BCUT2D eigenvalue weighted by atomic mass is 127. The van der Waals surface area contributed by atoms with Crippen LogP contribution in [-0.4, -0.2) is 52.6 Å². The normalized spacial score (nSPS) is 15.6. The van der Waals surface area contributed by atoms with E-state index < -0.39 is 0 Å². The standard InChI is InChI=1S/C25H35N3O4.HI/c1-19-8-9-21(24(14-19)32-23-10-13-30-18-23)17-28-25(26-2)27-16-20-6-4-7-22(15-20)31-12-5-11-29-3;/h4,6-9,14-15,23H,5,10-13,16-18H2,1-3H3,(H2,26,27,28);1H. The monoisotopic (exact) mass is 569 g/mol. The molecular formula is C25H36IN3O4. The molecule has 1 fully saturated rings. The van der Waals surface area contributed by atoms with Crippen molar-refractivity contribution in [3.8, 4) is 11.5 Å². The average Bonchev–Trinajstić information content (AvgIpc) is 3.31. The van der Waals surface area contributed by atoms with Crippen molar-refractivity contribution < 1.29 is 18.9 Å². The maximum absolute atomic E-state index is 6.20. The Kier molecular flexibility index (Phi) is 12.3. The third-order valence-corrected chi connectivity index (χ3v) is 5.19. The molecule has 0 aliphatic carbocycles. The Labute approximate surface area is 214 Å². The van der Waals surface area contributed by atoms with Gasteiger partial charge in [0.2, 0.25) is 0 Å². The minimum Gasteiger partial charge on any atom is -0.493 e. The topological polar surface area (TPSA) is 73.3 Å². The lowest BCUT2D eigenvalue weighted by Crippen LogP contribution is -2.36. The predicted molar refractivity (Wildman–Crippen MR) is 142 cm³/mol. The number of methoxy groups -OCH3 is 1. The number of nitrogens with one attached hydrogen (secondary N) is 2. The van der Waals surface area contributed by atoms with Crippen LogP contribution in [0.15, 0.2) is 47.5 Å². The Balaban J connectivity index is 0.00000385. The maximum Gasteiger partial charge on any atom is 0.191 e. The molecule has 182 valence electrons. The SMILES string of the molecule is CN=C(NCc1cccc(OCCCOC)c1)NCc1ccc(C)cc1OC1CCOC1.I. The van der Waals surface area contributed by atoms with E-state index in [1.54, 1.807) is 14.2 Å². The third-order valence-electron chi connectivity index (χ3n) is 5.19. The summed E-state index contributed by atoms with van der Waals surface area (Å²) in [4.78, 5) is 4.35. The van der Waals surface area contributed by atoms with E-state index in [-0.39, 0.29) is 30.1 Å². The Morgan fingerprint density at radius 2 is 1.97 bits per heavy atom. The van der Waals surface area contributed by atoms with Crippen LogP contribution in [0.1, 0.15) is 29.5 Å². The fourth-order valence-corrected chi connectivity index (χ4v) is 3.43. The van der Waals surface area contributed by atoms with Crippen molar-refractivity contribution in [1.29, 1.82) is 0 Å². The lowest BCUT2D eigenvalue weighted by atomic mass is 10.1. The number of halogens is 1. The van der Waals surface area contributed by atoms with Gasteiger partial charge in [-0.1, -0.05) is 24.3 Å². The highest BCUT2D eigenvalue weighted by Crippen LogP contribution is 2.23. The molecule has 2 aromatic rings. The van der Waals surface area contributed by atoms with E-state index in [2.05, 4.69) is 46.8 Å². The number of guanidine groups is 1. The number of benzene rings is 2. The van der Waals surface area contributed by atoms with E-state index in [0.29, 0.717) is 32.9 Å². The highest BCUT2D eigenvalue weighted by molar-refractivity contribution is 14.0. The minimum absolute atomic E-state index is 0. The van der Waals surface area contributed by atoms with Gasteiger partial charge >= 0.3 is 0 Å². The summed E-state index contributed by atoms with van der Waals surface area (Å²) in [6.07, 6.45) is 1.92. The zero-order chi connectivity index (χ0) is 22.6. The number of ether oxygens (including phenoxy) is 4. The van der Waals surface area contributed by atoms with E-state index in [0.717, 1.165) is 48.0 Å². The molecule has 0 spiro atoms. The van der Waals surface area contributed by atoms with E-state index in [4.69, 9.17) is 18.9 Å². The quantitative estimate of drug-likeness (QED) is 0.184. The van der Waals surface area contributed by atoms with Gasteiger partial charge in [0.15, 0.2) is 5.96 Å². The molecule has 33 heavy (non-hydrogen) atoms. The zero-order valence-corrected chi connectivity index (χ0v) is 22.1. The summed E-state index contributed by atoms with van der Waals surface area (Å²) in [5, 5.41) is 6.75. The molecule has 0 saturated carbocycles. The van der Waals surface area contributed by atoms with Crippen molar-refractivity contribution >= 4 is 29.9 Å². The van der Waals surface area contributed by atoms with Crippen LogP contribution in [0.4, 0.5) is 0 Å². The largest absolute Gasteiger partial charge is 0.493 e. The van der Waals surface area contributed by atoms with Gasteiger partial charge in [-0.25, -0.2) is 0 Å². The molecule has 7 nitrogen and oxygen atoms in total. The van der Waals surface area contributed by atoms with Crippen molar-refractivity contribution in [2.75, 3.05) is 40.6 Å². The molecule has 2 aromatic carbocycles. The first kappa shape index (κ1) is 27.2. The predicted octanol–water partition coefficient (Wildman–Crippen LogP) is 4.06. The smallest absolute Gasteiger partial charge is 0.191 e. The van der Waals surface area contributed by atoms with Gasteiger partial charge in [0.25, 0.3) is 0 Å². The number of aryl methyl sites for hydroxylation is 1. The van der Waals surface area contributed by atoms with Gasteiger partial charge < -0.3 is 29.6 Å². The van der Waals surface area contributed by atoms with Crippen LogP contribution in [0.25, 0.3) is 0 Å². The zero-order valence-electron chi connectivity index (χ0n) is 19.8. The van der Waals surface area contributed by atoms with E-state index >= 15 is 0 Å². The minimum atomic E-state index is 0. The summed E-state index contributed by atoms with van der Waals surface area (Å²) >= 11 is 0. The fourth-order valence-electron chi connectivity index (χ4n) is 3.43. The first-order valence-corrected chi connectivity index (χ1v) is 11.2. The average molecular weight is 569 g/mol. The molecule has 3 rings (SSSR count). The summed E-state index contributed by atoms with van der Waals surface area (Å²) in [7, 11) is 3.47. The first-order valence-electron chi connectivity index (χ1n) is 11.2. The van der Waals surface area contributed by atoms with Crippen molar-refractivity contribution in [2.45, 2.75) is 39.0 Å². The van der Waals surface area contributed by atoms with Crippen LogP contribution < -0.4 is 20.1 Å². The lowest BCUT2D eigenvalue weighted by Gasteiger charge is -2.18. The third kappa shape index (κ3) is 9.38. The summed E-state index contributed by atoms with van der Waals surface area (Å²) < 4.78 is 22.5. The van der Waals surface area contributed by atoms with Gasteiger partial charge in [0.05, 0.1) is 19.8 Å². The van der Waals surface area contributed by atoms with Crippen molar-refractivity contribution in [3.63, 3.8) is 0 Å². The second kappa shape index (κ2) is 15.0. The van der Waals surface area contributed by atoms with E-state index in [1.807, 2.05) is 18.2 Å². The lowest BCUT2D eigenvalue weighted by molar-refractivity contribution is 0.140. The summed E-state index contributed by atoms with van der Waals surface area (Å²) in [6, 6.07) is 14.4. The summed E-state index contributed by atoms with van der Waals surface area (Å²) in [5.74, 6) is 2.50. The van der Waals surface area contributed by atoms with Crippen LogP contribution in [0, 0.1) is 6.92 Å². The van der Waals surface area contributed by atoms with Crippen molar-refractivity contribution in [3.05, 3.63) is 59.2 Å². The van der Waals surface area contributed by atoms with Crippen molar-refractivity contribution in [1.82, 2.24) is 10.6 Å². The van der Waals surface area contributed by atoms with Gasteiger partial charge in [0, 0.05) is 52.3 Å². The van der Waals surface area contributed by atoms with Gasteiger partial charge in [-0.2, -0.15) is 0 Å². The molecule has 1 aliphatic heterocycles. The fraction of sp³-hybridized carbons (Fsp3) is 0.480. The Bertz CT molecular complexity index is 872. The van der Waals surface area contributed by atoms with Crippen LogP contribution in [0.3, 0.4) is 0 Å². The first-order chi connectivity index (χ1) is 15.7. The Hall–Kier alpha value is -2.04. The Morgan fingerprint density at radius 3 is 2.73 bits per heavy atom. The molecule has 1 aliphatic rings. The van der Waals surface area contributed by atoms with Gasteiger partial charge in [-0.15, -0.1) is 24.0 Å². The number of aliphatic imine (C=N–C) groups is 1. The Morgan fingerprint density at radius 1 is 1.12 bits per heavy atom. The van der Waals surface area contributed by atoms with E-state index in [1.165, 1.54) is 5.56 Å². The molecule has 1 unspecified atom stereocenters. The summed E-state index contributed by atoms with van der Waals surface area (Å²) in [5.41, 5.74) is 3.39. The molecule has 1 heterocycles. The number of hydrogen-bond acceptors (Lipinski definition) is 5. The second-order valence-corrected chi connectivity index (χ2v) is 7.84. The number of rotatable bonds is 11. The summed E-state index contributed by atoms with van der Waals surface area (Å²) in [6.45, 7) is 6.09. The highest BCUT2D eigenvalue weighted by Gasteiger charge is 2.18. The molecule has 0 bridgehead atoms. The second-order valence-electron chi connectivity index (χ2n) is 7.84. The van der Waals surface area contributed by atoms with Crippen molar-refractivity contribution in [2.24, 2.45) is 4.99 Å². The van der Waals surface area contributed by atoms with Gasteiger partial charge in [0.1, 0.15) is 17.6 Å². The van der Waals surface area contributed by atoms with Gasteiger partial charge in [-0.3, -0.25) is 4.99 Å². The van der Waals surface area contributed by atoms with Crippen LogP contribution in [-0.2, 0) is 22.6 Å². The number of hydrogen-bond donors (Lipinski definition) is 2. The van der Waals surface area contributed by atoms with Gasteiger partial charge in [-0.05, 0) is 36.2 Å².